The van der Waals surface area contributed by atoms with Gasteiger partial charge in [-0.2, -0.15) is 75.1 Å². The number of carbonyl (C=O) groups is 6. The predicted octanol–water partition coefficient (Wildman–Crippen LogP) is -0.848. The van der Waals surface area contributed by atoms with Gasteiger partial charge in [-0.3, -0.25) is 47.1 Å². The Morgan fingerprint density at radius 2 is 0.898 bits per heavy atom. The fourth-order valence-electron chi connectivity index (χ4n) is 14.0. The monoisotopic (exact) mass is 2140 g/mol. The standard InChI is InChI=1S/C36H40F2N12O8.C14H14ClF2N7O5.C12H15F2N3O5.C9H11F2N3O4.C7H9NO4.C3HCl2N3/c1-19(2)22-13-23(25(53)14-24(22)52)30-45-46-35(57)50(30)21-5-3-20(4-6-21)16-47-9-11-48(12-10-47)33-41-18-40-32(44-33)39-15-28(54)42-27-7-8-49(34(56)43-27)31-36(37,38)29(55)26(17-51)58-31;15-11-19-5-20-12(23-11)18-3-8(26)21-7-1-2-24(13(28)22-7)10-14(16,17)9(27)6(4-25)29-10;1-2-8(19)15-7-3-4-17(11(21)16-7)10-12(13,14)9(20)6(5-18)22-10;10-9(11)6(16)4(3-15)18-7(9)14-2-1-5(12)13-8(14)17;1-2-7(11)12-8-5(9)3-4-6(8)10;4-2-6-1-7-3(5)8-2/h3-8,13-14,18-19,26,29,31,51-53,55H,9-12,15-17H2,1-2H3,(H,46,57)(H,39,40,41,44)(H,42,43,54,56);1-2,5-6,9-10,25,27H,3-4H2,(H,18,19,20,23)(H,21,22,26,28);3-4,6,9-10,18,20H,2,5H2,1H3,(H,15,16,19,21);1-2,4,6-7,15-16H,3H2,(H2,12,13,17);2-4H2,1H3;1H/t26-,29-,31-;2*6-,9-,10-;4-,6-,7-;;/m1111../s1. The predicted molar refractivity (Wildman–Crippen MR) is 486 cm³/mol. The van der Waals surface area contributed by atoms with Gasteiger partial charge in [-0.25, -0.2) is 68.3 Å². The summed E-state index contributed by atoms with van der Waals surface area (Å²) in [5, 5.41) is 114. The summed E-state index contributed by atoms with van der Waals surface area (Å²) in [6.45, 7) is 6.21. The summed E-state index contributed by atoms with van der Waals surface area (Å²) >= 11 is 16.2. The van der Waals surface area contributed by atoms with Gasteiger partial charge in [0.1, 0.15) is 78.2 Å². The number of aliphatic hydroxyl groups is 8. The topological polar surface area (TPSA) is 753 Å². The number of benzene rings is 2. The smallest absolute Gasteiger partial charge is 0.351 e. The number of piperazine rings is 1. The van der Waals surface area contributed by atoms with Crippen molar-refractivity contribution in [3.63, 3.8) is 0 Å². The minimum atomic E-state index is -3.88. The molecule has 55 nitrogen and oxygen atoms in total. The zero-order valence-corrected chi connectivity index (χ0v) is 78.8. The largest absolute Gasteiger partial charge is 0.508 e. The fourth-order valence-corrected chi connectivity index (χ4v) is 14.4. The van der Waals surface area contributed by atoms with Crippen molar-refractivity contribution in [2.24, 2.45) is 0 Å². The van der Waals surface area contributed by atoms with Crippen LogP contribution in [0.25, 0.3) is 17.1 Å². The SMILES string of the molecule is CC(C)c1cc(-c2n[nH]c(=O)n2-c2ccc(CN3CCN(c4ncnc(NCC(=O)Nc5ccn([C@@H]6O[C@H](CO)[C@@H](O)C6(F)F)c(=O)n5)n4)CC3)cc2)c(O)cc1O.CCC(=O)Nc1ccn([C@@H]2O[C@H](CO)[C@@H](O)C2(F)F)c(=O)n1.CCC(=O)ON1C(=O)CCC1=O.Clc1ncnc(Cl)n1.Nc1ccn([C@@H]2O[C@H](CO)[C@@H](O)C2(F)F)c(=O)n1.O=C(CNc1ncnc(Cl)n1)Nc1ccn([C@@H]2O[C@H](CO)[C@@H](O)C2(F)F)c(=O)n1. The number of carbonyl (C=O) groups excluding carboxylic acids is 6. The van der Waals surface area contributed by atoms with Gasteiger partial charge < -0.3 is 112 Å². The van der Waals surface area contributed by atoms with Gasteiger partial charge in [0.15, 0.2) is 30.2 Å². The number of phenols is 2. The van der Waals surface area contributed by atoms with Crippen molar-refractivity contribution in [2.45, 2.75) is 163 Å². The highest BCUT2D eigenvalue weighted by molar-refractivity contribution is 6.31. The van der Waals surface area contributed by atoms with E-state index in [1.165, 1.54) is 23.3 Å². The van der Waals surface area contributed by atoms with Crippen molar-refractivity contribution in [1.82, 2.24) is 108 Å². The van der Waals surface area contributed by atoms with Crippen molar-refractivity contribution in [1.29, 1.82) is 0 Å². The van der Waals surface area contributed by atoms with Crippen LogP contribution in [0.5, 0.6) is 11.5 Å². The summed E-state index contributed by atoms with van der Waals surface area (Å²) < 4.78 is 135. The van der Waals surface area contributed by atoms with Crippen LogP contribution in [0.3, 0.4) is 0 Å². The Balaban J connectivity index is 0.000000191. The van der Waals surface area contributed by atoms with Crippen LogP contribution >= 0.6 is 34.8 Å². The highest BCUT2D eigenvalue weighted by atomic mass is 35.5. The Labute approximate surface area is 833 Å². The molecule has 66 heteroatoms. The average Bonchev–Trinajstić information content (AvgIpc) is 1.58. The number of nitrogen functional groups attached to an aromatic ring is 1. The van der Waals surface area contributed by atoms with E-state index in [-0.39, 0.29) is 119 Å². The van der Waals surface area contributed by atoms with Crippen LogP contribution in [0.4, 0.5) is 76.2 Å². The molecule has 147 heavy (non-hydrogen) atoms. The van der Waals surface area contributed by atoms with Gasteiger partial charge >= 0.3 is 58.1 Å². The lowest BCUT2D eigenvalue weighted by Gasteiger charge is -2.34. The molecule has 6 aliphatic rings. The van der Waals surface area contributed by atoms with Crippen LogP contribution in [0.2, 0.25) is 15.9 Å². The third-order valence-corrected chi connectivity index (χ3v) is 22.1. The number of hydrogen-bond donors (Lipinski definition) is 17. The molecule has 6 saturated heterocycles. The van der Waals surface area contributed by atoms with E-state index in [9.17, 15) is 124 Å². The minimum Gasteiger partial charge on any atom is -0.508 e. The Morgan fingerprint density at radius 1 is 0.503 bits per heavy atom. The van der Waals surface area contributed by atoms with Crippen molar-refractivity contribution in [2.75, 3.05) is 103 Å². The average molecular weight is 2140 g/mol. The molecule has 0 unspecified atom stereocenters. The summed E-state index contributed by atoms with van der Waals surface area (Å²) in [6, 6.07) is 14.8. The van der Waals surface area contributed by atoms with Crippen molar-refractivity contribution in [3.05, 3.63) is 184 Å². The number of rotatable bonds is 26. The van der Waals surface area contributed by atoms with Crippen molar-refractivity contribution < 1.29 is 139 Å². The lowest BCUT2D eigenvalue weighted by molar-refractivity contribution is -0.197. The lowest BCUT2D eigenvalue weighted by Crippen LogP contribution is -2.46. The Morgan fingerprint density at radius 3 is 1.27 bits per heavy atom. The minimum absolute atomic E-state index is 0.0324. The maximum atomic E-state index is 14.5. The fraction of sp³-hybridized carbons (Fsp3) is 0.444. The van der Waals surface area contributed by atoms with E-state index < -0.39 is 182 Å². The number of nitrogens with one attached hydrogen (secondary N) is 6. The molecule has 16 rings (SSSR count). The van der Waals surface area contributed by atoms with Crippen LogP contribution in [0.1, 0.15) is 95.3 Å². The first kappa shape index (κ1) is 113. The van der Waals surface area contributed by atoms with E-state index >= 15 is 0 Å². The summed E-state index contributed by atoms with van der Waals surface area (Å²) in [4.78, 5) is 186. The molecule has 12 atom stereocenters. The Bertz CT molecular complexity index is 6630. The quantitative estimate of drug-likeness (QED) is 0.0232. The molecule has 18 N–H and O–H groups in total. The molecule has 0 radical (unpaired) electrons. The number of hydrogen-bond acceptors (Lipinski definition) is 45. The molecule has 2 aromatic carbocycles. The number of anilines is 7. The summed E-state index contributed by atoms with van der Waals surface area (Å²) in [6.07, 6.45) is -15.5. The number of ether oxygens (including phenoxy) is 4. The normalized spacial score (nSPS) is 21.9. The summed E-state index contributed by atoms with van der Waals surface area (Å²) in [5.41, 5.74) is 2.79. The molecular weight excluding hydrogens is 2050 g/mol. The number of amides is 5. The number of aromatic nitrogens is 20. The molecule has 6 fully saturated rings. The molecule has 0 aliphatic carbocycles. The number of halogens is 11. The number of alkyl halides is 8. The third kappa shape index (κ3) is 27.5. The maximum absolute atomic E-state index is 14.5. The first-order valence-electron chi connectivity index (χ1n) is 43.3. The Kier molecular flexibility index (Phi) is 37.7. The van der Waals surface area contributed by atoms with Gasteiger partial charge in [-0.15, -0.1) is 5.06 Å². The first-order chi connectivity index (χ1) is 69.6. The molecular formula is C81H90Cl3F8N29O26. The van der Waals surface area contributed by atoms with Gasteiger partial charge in [0.25, 0.3) is 11.8 Å². The number of nitrogens with two attached hydrogens (primary N) is 1. The van der Waals surface area contributed by atoms with Crippen LogP contribution in [0.15, 0.2) is 128 Å². The van der Waals surface area contributed by atoms with E-state index in [4.69, 9.17) is 74.8 Å². The van der Waals surface area contributed by atoms with Crippen LogP contribution in [0, 0.1) is 0 Å². The molecule has 10 aromatic rings. The zero-order chi connectivity index (χ0) is 108. The molecule has 6 aliphatic heterocycles. The zero-order valence-electron chi connectivity index (χ0n) is 76.5. The molecule has 8 aromatic heterocycles. The number of hydroxylamine groups is 2. The molecule has 0 saturated carbocycles. The maximum Gasteiger partial charge on any atom is 0.351 e. The van der Waals surface area contributed by atoms with Crippen LogP contribution in [-0.2, 0) is 59.1 Å². The Hall–Kier alpha value is -14.5. The number of phenolic OH excluding ortho intramolecular Hbond substituents is 2. The number of aromatic amines is 1. The summed E-state index contributed by atoms with van der Waals surface area (Å²) in [7, 11) is 0. The first-order valence-corrected chi connectivity index (χ1v) is 44.4. The van der Waals surface area contributed by atoms with Crippen molar-refractivity contribution in [3.8, 4) is 28.6 Å². The molecule has 14 heterocycles. The molecule has 792 valence electrons. The second-order valence-corrected chi connectivity index (χ2v) is 32.9. The number of nitrogens with zero attached hydrogens (tertiary/aromatic N) is 22. The van der Waals surface area contributed by atoms with Gasteiger partial charge in [-0.05, 0) is 94.3 Å². The van der Waals surface area contributed by atoms with E-state index in [2.05, 4.69) is 111 Å². The molecule has 0 bridgehead atoms. The van der Waals surface area contributed by atoms with E-state index in [1.807, 2.05) is 30.9 Å². The number of aromatic hydroxyl groups is 2. The highest BCUT2D eigenvalue weighted by Crippen LogP contribution is 2.47. The number of H-pyrrole nitrogens is 1. The second kappa shape index (κ2) is 49.2. The molecule has 5 amide bonds. The van der Waals surface area contributed by atoms with Gasteiger partial charge in [0.2, 0.25) is 76.3 Å². The lowest BCUT2D eigenvalue weighted by atomic mass is 9.98. The number of aliphatic hydroxyl groups excluding tert-OH is 8. The number of imide groups is 1. The van der Waals surface area contributed by atoms with E-state index in [1.54, 1.807) is 32.0 Å². The van der Waals surface area contributed by atoms with Crippen LogP contribution in [-0.4, -0.2) is 333 Å². The molecule has 0 spiro atoms. The van der Waals surface area contributed by atoms with E-state index in [0.29, 0.717) is 78.8 Å². The summed E-state index contributed by atoms with van der Waals surface area (Å²) in [5.74, 6) is -18.4. The van der Waals surface area contributed by atoms with Crippen LogP contribution < -0.4 is 65.7 Å². The van der Waals surface area contributed by atoms with Gasteiger partial charge in [0.05, 0.1) is 50.8 Å². The van der Waals surface area contributed by atoms with E-state index in [0.717, 1.165) is 60.9 Å². The van der Waals surface area contributed by atoms with Gasteiger partial charge in [0, 0.05) is 89.3 Å². The second-order valence-electron chi connectivity index (χ2n) is 31.9. The van der Waals surface area contributed by atoms with Gasteiger partial charge in [-0.1, -0.05) is 39.8 Å². The van der Waals surface area contributed by atoms with Crippen molar-refractivity contribution >= 4 is 111 Å². The third-order valence-electron chi connectivity index (χ3n) is 21.6. The highest BCUT2D eigenvalue weighted by Gasteiger charge is 2.63.